The molecule has 0 spiro atoms. The average molecular weight is 345 g/mol. The lowest BCUT2D eigenvalue weighted by Crippen LogP contribution is -2.38. The molecular formula is C13H10F3N3O3S. The molecule has 6 nitrogen and oxygen atoms in total. The summed E-state index contributed by atoms with van der Waals surface area (Å²) in [6.07, 6.45) is 0. The molecule has 1 fully saturated rings. The van der Waals surface area contributed by atoms with Crippen LogP contribution in [0.4, 0.5) is 13.2 Å². The molecule has 0 radical (unpaired) electrons. The van der Waals surface area contributed by atoms with E-state index in [1.807, 2.05) is 0 Å². The van der Waals surface area contributed by atoms with Crippen LogP contribution in [0, 0.1) is 17.5 Å². The van der Waals surface area contributed by atoms with Crippen LogP contribution < -0.4 is 0 Å². The van der Waals surface area contributed by atoms with Gasteiger partial charge in [-0.15, -0.1) is 0 Å². The van der Waals surface area contributed by atoms with Crippen molar-refractivity contribution in [1.82, 2.24) is 15.0 Å². The lowest BCUT2D eigenvalue weighted by atomic mass is 10.2. The van der Waals surface area contributed by atoms with Crippen molar-refractivity contribution < 1.29 is 27.6 Å². The molecule has 0 unspecified atom stereocenters. The molecule has 23 heavy (non-hydrogen) atoms. The third-order valence-corrected chi connectivity index (χ3v) is 4.22. The topological polar surface area (TPSA) is 79.5 Å². The van der Waals surface area contributed by atoms with E-state index in [4.69, 9.17) is 4.52 Å². The van der Waals surface area contributed by atoms with Crippen LogP contribution in [0.5, 0.6) is 5.75 Å². The van der Waals surface area contributed by atoms with Gasteiger partial charge in [0.25, 0.3) is 17.6 Å². The maximum atomic E-state index is 13.8. The van der Waals surface area contributed by atoms with Gasteiger partial charge in [-0.3, -0.25) is 4.79 Å². The summed E-state index contributed by atoms with van der Waals surface area (Å²) in [4.78, 5) is 17.4. The molecule has 1 aromatic carbocycles. The number of carbonyl (C=O) groups excluding carboxylic acids is 1. The summed E-state index contributed by atoms with van der Waals surface area (Å²) >= 11 is 1.71. The monoisotopic (exact) mass is 345 g/mol. The van der Waals surface area contributed by atoms with Gasteiger partial charge < -0.3 is 14.5 Å². The zero-order valence-corrected chi connectivity index (χ0v) is 12.4. The molecule has 1 saturated heterocycles. The van der Waals surface area contributed by atoms with Gasteiger partial charge in [0.15, 0.2) is 17.4 Å². The van der Waals surface area contributed by atoms with E-state index < -0.39 is 40.6 Å². The van der Waals surface area contributed by atoms with Gasteiger partial charge >= 0.3 is 0 Å². The lowest BCUT2D eigenvalue weighted by Gasteiger charge is -2.24. The molecule has 1 aromatic heterocycles. The third kappa shape index (κ3) is 2.85. The molecule has 10 heteroatoms. The number of hydrogen-bond donors (Lipinski definition) is 1. The van der Waals surface area contributed by atoms with Crippen LogP contribution in [0.1, 0.15) is 10.6 Å². The second-order valence-corrected chi connectivity index (χ2v) is 5.93. The maximum Gasteiger partial charge on any atom is 0.295 e. The zero-order chi connectivity index (χ0) is 16.6. The van der Waals surface area contributed by atoms with E-state index in [-0.39, 0.29) is 5.82 Å². The Hall–Kier alpha value is -2.23. The minimum absolute atomic E-state index is 0.310. The first-order valence-corrected chi connectivity index (χ1v) is 7.72. The molecule has 0 atom stereocenters. The van der Waals surface area contributed by atoms with Crippen LogP contribution >= 0.6 is 11.8 Å². The molecule has 122 valence electrons. The van der Waals surface area contributed by atoms with Crippen molar-refractivity contribution in [1.29, 1.82) is 0 Å². The zero-order valence-electron chi connectivity index (χ0n) is 11.6. The summed E-state index contributed by atoms with van der Waals surface area (Å²) in [5.74, 6) is -5.88. The summed E-state index contributed by atoms with van der Waals surface area (Å²) in [6.45, 7) is 1.04. The maximum absolute atomic E-state index is 13.8. The molecule has 1 N–H and O–H groups in total. The molecule has 1 amide bonds. The predicted octanol–water partition coefficient (Wildman–Crippen LogP) is 2.05. The van der Waals surface area contributed by atoms with Crippen molar-refractivity contribution in [3.8, 4) is 17.2 Å². The SMILES string of the molecule is O=C(c1noc(-c2cc(F)c(F)c(O)c2F)n1)N1CCSCC1. The molecule has 0 bridgehead atoms. The van der Waals surface area contributed by atoms with Crippen molar-refractivity contribution in [3.05, 3.63) is 29.3 Å². The van der Waals surface area contributed by atoms with E-state index in [1.54, 1.807) is 11.8 Å². The molecule has 0 aliphatic carbocycles. The molecule has 1 aliphatic rings. The summed E-state index contributed by atoms with van der Waals surface area (Å²) < 4.78 is 44.9. The normalized spacial score (nSPS) is 15.0. The van der Waals surface area contributed by atoms with Crippen molar-refractivity contribution in [3.63, 3.8) is 0 Å². The molecule has 2 aromatic rings. The van der Waals surface area contributed by atoms with Gasteiger partial charge in [-0.05, 0) is 6.07 Å². The number of hydrogen-bond acceptors (Lipinski definition) is 6. The second kappa shape index (κ2) is 6.11. The first kappa shape index (κ1) is 15.7. The number of halogens is 3. The Morgan fingerprint density at radius 2 is 1.96 bits per heavy atom. The minimum atomic E-state index is -1.71. The standard InChI is InChI=1S/C13H10F3N3O3S/c14-7-5-6(8(15)10(20)9(7)16)12-17-11(18-22-12)13(21)19-1-3-23-4-2-19/h5,20H,1-4H2. The van der Waals surface area contributed by atoms with Gasteiger partial charge in [-0.2, -0.15) is 21.1 Å². The molecule has 1 aliphatic heterocycles. The number of nitrogens with zero attached hydrogens (tertiary/aromatic N) is 3. The first-order chi connectivity index (χ1) is 11.0. The Morgan fingerprint density at radius 1 is 1.26 bits per heavy atom. The van der Waals surface area contributed by atoms with Gasteiger partial charge in [-0.1, -0.05) is 5.16 Å². The van der Waals surface area contributed by atoms with Crippen molar-refractivity contribution >= 4 is 17.7 Å². The van der Waals surface area contributed by atoms with Crippen LogP contribution in [0.3, 0.4) is 0 Å². The minimum Gasteiger partial charge on any atom is -0.503 e. The lowest BCUT2D eigenvalue weighted by molar-refractivity contribution is 0.0757. The molecule has 2 heterocycles. The van der Waals surface area contributed by atoms with Crippen LogP contribution in [0.15, 0.2) is 10.6 Å². The number of aromatic nitrogens is 2. The molecular weight excluding hydrogens is 335 g/mol. The van der Waals surface area contributed by atoms with E-state index in [1.165, 1.54) is 4.90 Å². The highest BCUT2D eigenvalue weighted by atomic mass is 32.2. The number of phenols is 1. The number of rotatable bonds is 2. The first-order valence-electron chi connectivity index (χ1n) is 6.56. The Morgan fingerprint density at radius 3 is 2.65 bits per heavy atom. The Bertz CT molecular complexity index is 762. The Balaban J connectivity index is 1.92. The Labute approximate surface area is 132 Å². The van der Waals surface area contributed by atoms with Gasteiger partial charge in [0, 0.05) is 24.6 Å². The van der Waals surface area contributed by atoms with E-state index in [2.05, 4.69) is 10.1 Å². The average Bonchev–Trinajstić information content (AvgIpc) is 3.06. The Kier molecular flexibility index (Phi) is 4.16. The highest BCUT2D eigenvalue weighted by molar-refractivity contribution is 7.99. The quantitative estimate of drug-likeness (QED) is 0.839. The van der Waals surface area contributed by atoms with Crippen molar-refractivity contribution in [2.75, 3.05) is 24.6 Å². The third-order valence-electron chi connectivity index (χ3n) is 3.28. The number of benzene rings is 1. The largest absolute Gasteiger partial charge is 0.503 e. The number of phenolic OH excluding ortho intramolecular Hbond substituents is 1. The summed E-state index contributed by atoms with van der Waals surface area (Å²) in [7, 11) is 0. The van der Waals surface area contributed by atoms with E-state index in [9.17, 15) is 23.1 Å². The van der Waals surface area contributed by atoms with Gasteiger partial charge in [0.1, 0.15) is 0 Å². The van der Waals surface area contributed by atoms with Crippen molar-refractivity contribution in [2.45, 2.75) is 0 Å². The second-order valence-electron chi connectivity index (χ2n) is 4.71. The fraction of sp³-hybridized carbons (Fsp3) is 0.308. The van der Waals surface area contributed by atoms with E-state index in [0.717, 1.165) is 11.5 Å². The smallest absolute Gasteiger partial charge is 0.295 e. The fourth-order valence-electron chi connectivity index (χ4n) is 2.07. The number of aromatic hydroxyl groups is 1. The predicted molar refractivity (Wildman–Crippen MR) is 74.5 cm³/mol. The van der Waals surface area contributed by atoms with Crippen LogP contribution in [0.25, 0.3) is 11.5 Å². The van der Waals surface area contributed by atoms with E-state index >= 15 is 0 Å². The summed E-state index contributed by atoms with van der Waals surface area (Å²) in [6, 6.07) is 0.476. The fourth-order valence-corrected chi connectivity index (χ4v) is 2.98. The van der Waals surface area contributed by atoms with Crippen LogP contribution in [0.2, 0.25) is 0 Å². The number of amides is 1. The van der Waals surface area contributed by atoms with Gasteiger partial charge in [-0.25, -0.2) is 8.78 Å². The van der Waals surface area contributed by atoms with Crippen LogP contribution in [-0.2, 0) is 0 Å². The highest BCUT2D eigenvalue weighted by Gasteiger charge is 2.26. The number of thioether (sulfide) groups is 1. The number of carbonyl (C=O) groups is 1. The summed E-state index contributed by atoms with van der Waals surface area (Å²) in [5.41, 5.74) is -0.623. The van der Waals surface area contributed by atoms with E-state index in [0.29, 0.717) is 19.2 Å². The molecule has 0 saturated carbocycles. The van der Waals surface area contributed by atoms with Crippen molar-refractivity contribution in [2.24, 2.45) is 0 Å². The van der Waals surface area contributed by atoms with Gasteiger partial charge in [0.2, 0.25) is 5.82 Å². The van der Waals surface area contributed by atoms with Crippen LogP contribution in [-0.4, -0.2) is 50.6 Å². The molecule has 3 rings (SSSR count). The van der Waals surface area contributed by atoms with Gasteiger partial charge in [0.05, 0.1) is 5.56 Å². The summed E-state index contributed by atoms with van der Waals surface area (Å²) in [5, 5.41) is 12.6. The highest BCUT2D eigenvalue weighted by Crippen LogP contribution is 2.31.